The second-order valence-corrected chi connectivity index (χ2v) is 21.6. The lowest BCUT2D eigenvalue weighted by molar-refractivity contribution is -0.130. The van der Waals surface area contributed by atoms with E-state index in [9.17, 15) is 23.4 Å². The third-order valence-corrected chi connectivity index (χ3v) is 14.3. The van der Waals surface area contributed by atoms with Gasteiger partial charge in [-0.2, -0.15) is 0 Å². The van der Waals surface area contributed by atoms with E-state index in [0.717, 1.165) is 28.5 Å². The Morgan fingerprint density at radius 3 is 2.27 bits per heavy atom. The molecular formula is C36H52ClN3O6SSi. The van der Waals surface area contributed by atoms with Gasteiger partial charge in [0, 0.05) is 30.2 Å². The van der Waals surface area contributed by atoms with Crippen molar-refractivity contribution in [2.75, 3.05) is 24.1 Å². The van der Waals surface area contributed by atoms with Crippen molar-refractivity contribution >= 4 is 41.5 Å². The van der Waals surface area contributed by atoms with Crippen molar-refractivity contribution in [3.05, 3.63) is 87.9 Å². The van der Waals surface area contributed by atoms with Crippen LogP contribution in [0.15, 0.2) is 60.7 Å². The summed E-state index contributed by atoms with van der Waals surface area (Å²) < 4.78 is 33.2. The molecule has 3 aromatic rings. The summed E-state index contributed by atoms with van der Waals surface area (Å²) in [5.74, 6) is -0.0871. The van der Waals surface area contributed by atoms with Gasteiger partial charge in [0.15, 0.2) is 8.32 Å². The van der Waals surface area contributed by atoms with Gasteiger partial charge in [0.2, 0.25) is 15.9 Å². The SMILES string of the molecule is CCN(Cc1ccc(O)cc1Cl)C(=O)Cc1cccc(CC(C)(C)NC[C@H](O[Si](C)(C)C(C)(C)C)c2ccc(O)c(NS(C)(=O)=O)c2)c1. The van der Waals surface area contributed by atoms with E-state index in [0.29, 0.717) is 31.1 Å². The molecule has 0 fully saturated rings. The summed E-state index contributed by atoms with van der Waals surface area (Å²) in [6, 6.07) is 17.7. The predicted molar refractivity (Wildman–Crippen MR) is 198 cm³/mol. The summed E-state index contributed by atoms with van der Waals surface area (Å²) in [5, 5.41) is 24.1. The zero-order valence-electron chi connectivity index (χ0n) is 29.6. The largest absolute Gasteiger partial charge is 0.508 e. The van der Waals surface area contributed by atoms with E-state index in [2.05, 4.69) is 69.9 Å². The highest BCUT2D eigenvalue weighted by Gasteiger charge is 2.40. The monoisotopic (exact) mass is 717 g/mol. The predicted octanol–water partition coefficient (Wildman–Crippen LogP) is 7.39. The van der Waals surface area contributed by atoms with Crippen LogP contribution in [-0.4, -0.2) is 62.6 Å². The van der Waals surface area contributed by atoms with Crippen LogP contribution in [-0.2, 0) is 38.6 Å². The van der Waals surface area contributed by atoms with Gasteiger partial charge in [-0.3, -0.25) is 9.52 Å². The van der Waals surface area contributed by atoms with Crippen LogP contribution in [0.2, 0.25) is 23.2 Å². The van der Waals surface area contributed by atoms with Gasteiger partial charge in [0.25, 0.3) is 0 Å². The highest BCUT2D eigenvalue weighted by Crippen LogP contribution is 2.40. The maximum Gasteiger partial charge on any atom is 0.229 e. The summed E-state index contributed by atoms with van der Waals surface area (Å²) in [4.78, 5) is 15.0. The van der Waals surface area contributed by atoms with Gasteiger partial charge >= 0.3 is 0 Å². The molecule has 0 aliphatic rings. The Hall–Kier alpha value is -3.09. The maximum absolute atomic E-state index is 13.3. The maximum atomic E-state index is 13.3. The molecule has 4 N–H and O–H groups in total. The zero-order valence-corrected chi connectivity index (χ0v) is 32.2. The minimum Gasteiger partial charge on any atom is -0.508 e. The van der Waals surface area contributed by atoms with Crippen LogP contribution in [0.1, 0.15) is 69.9 Å². The molecule has 9 nitrogen and oxygen atoms in total. The van der Waals surface area contributed by atoms with Gasteiger partial charge in [-0.25, -0.2) is 8.42 Å². The Morgan fingerprint density at radius 2 is 1.67 bits per heavy atom. The van der Waals surface area contributed by atoms with E-state index in [4.69, 9.17) is 16.0 Å². The number of nitrogens with one attached hydrogen (secondary N) is 2. The highest BCUT2D eigenvalue weighted by atomic mass is 35.5. The number of anilines is 1. The van der Waals surface area contributed by atoms with Crippen molar-refractivity contribution in [2.45, 2.75) is 90.7 Å². The van der Waals surface area contributed by atoms with Crippen molar-refractivity contribution in [3.8, 4) is 11.5 Å². The molecule has 0 saturated carbocycles. The number of sulfonamides is 1. The normalized spacial score (nSPS) is 13.3. The molecule has 0 radical (unpaired) electrons. The average Bonchev–Trinajstić information content (AvgIpc) is 2.94. The van der Waals surface area contributed by atoms with E-state index in [1.807, 2.05) is 19.1 Å². The van der Waals surface area contributed by atoms with Crippen LogP contribution in [0.3, 0.4) is 0 Å². The molecule has 0 spiro atoms. The molecule has 0 aliphatic heterocycles. The first-order valence-electron chi connectivity index (χ1n) is 16.2. The summed E-state index contributed by atoms with van der Waals surface area (Å²) in [7, 11) is -5.86. The Bertz CT molecular complexity index is 1690. The van der Waals surface area contributed by atoms with E-state index in [1.165, 1.54) is 12.1 Å². The molecule has 1 atom stereocenters. The van der Waals surface area contributed by atoms with Gasteiger partial charge < -0.3 is 24.9 Å². The van der Waals surface area contributed by atoms with Crippen LogP contribution in [0, 0.1) is 0 Å². The first-order chi connectivity index (χ1) is 22.1. The topological polar surface area (TPSA) is 128 Å². The Kier molecular flexibility index (Phi) is 12.8. The Morgan fingerprint density at radius 1 is 1.00 bits per heavy atom. The van der Waals surface area contributed by atoms with E-state index >= 15 is 0 Å². The fourth-order valence-corrected chi connectivity index (χ4v) is 7.20. The van der Waals surface area contributed by atoms with E-state index in [-0.39, 0.29) is 40.1 Å². The van der Waals surface area contributed by atoms with Crippen molar-refractivity contribution in [1.29, 1.82) is 0 Å². The fourth-order valence-electron chi connectivity index (χ4n) is 5.12. The number of aromatic hydroxyl groups is 2. The first kappa shape index (κ1) is 39.3. The number of carbonyl (C=O) groups is 1. The molecular weight excluding hydrogens is 666 g/mol. The number of phenols is 2. The van der Waals surface area contributed by atoms with Gasteiger partial charge in [-0.15, -0.1) is 0 Å². The van der Waals surface area contributed by atoms with E-state index < -0.39 is 24.4 Å². The molecule has 48 heavy (non-hydrogen) atoms. The average molecular weight is 718 g/mol. The molecule has 0 heterocycles. The number of hydrogen-bond acceptors (Lipinski definition) is 7. The zero-order chi connectivity index (χ0) is 36.1. The second kappa shape index (κ2) is 15.6. The van der Waals surface area contributed by atoms with Gasteiger partial charge in [-0.05, 0) is 91.8 Å². The van der Waals surface area contributed by atoms with Gasteiger partial charge in [0.05, 0.1) is 24.5 Å². The number of benzene rings is 3. The van der Waals surface area contributed by atoms with Crippen LogP contribution in [0.25, 0.3) is 0 Å². The third kappa shape index (κ3) is 11.5. The lowest BCUT2D eigenvalue weighted by atomic mass is 9.93. The summed E-state index contributed by atoms with van der Waals surface area (Å²) in [6.07, 6.45) is 1.57. The molecule has 264 valence electrons. The molecule has 3 aromatic carbocycles. The Balaban J connectivity index is 1.77. The van der Waals surface area contributed by atoms with E-state index in [1.54, 1.807) is 29.2 Å². The molecule has 0 aliphatic carbocycles. The summed E-state index contributed by atoms with van der Waals surface area (Å²) >= 11 is 6.30. The van der Waals surface area contributed by atoms with Gasteiger partial charge in [0.1, 0.15) is 11.5 Å². The van der Waals surface area contributed by atoms with Crippen molar-refractivity contribution in [2.24, 2.45) is 0 Å². The van der Waals surface area contributed by atoms with Gasteiger partial charge in [-0.1, -0.05) is 68.8 Å². The Labute approximate surface area is 292 Å². The summed E-state index contributed by atoms with van der Waals surface area (Å²) in [6.45, 7) is 18.3. The molecule has 0 unspecified atom stereocenters. The van der Waals surface area contributed by atoms with Crippen molar-refractivity contribution < 1.29 is 27.9 Å². The lowest BCUT2D eigenvalue weighted by Crippen LogP contribution is -2.47. The number of halogens is 1. The number of phenolic OH excluding ortho intramolecular Hbond substituents is 2. The summed E-state index contributed by atoms with van der Waals surface area (Å²) in [5.41, 5.74) is 3.26. The standard InChI is InChI=1S/C36H52ClN3O6SSi/c1-10-40(24-28-14-16-29(41)21-30(28)37)34(43)19-25-12-11-13-26(18-25)22-36(5,6)38-23-33(46-48(8,9)35(2,3)4)27-15-17-32(42)31(20-27)39-47(7,44)45/h11-18,20-21,33,38-39,41-42H,10,19,22-24H2,1-9H3/t33-/m0/s1. The minimum atomic E-state index is -3.60. The second-order valence-electron chi connectivity index (χ2n) is 14.6. The van der Waals surface area contributed by atoms with Crippen LogP contribution >= 0.6 is 11.6 Å². The number of amides is 1. The van der Waals surface area contributed by atoms with Crippen molar-refractivity contribution in [3.63, 3.8) is 0 Å². The van der Waals surface area contributed by atoms with Crippen molar-refractivity contribution in [1.82, 2.24) is 10.2 Å². The minimum absolute atomic E-state index is 0.0135. The number of nitrogens with zero attached hydrogens (tertiary/aromatic N) is 1. The molecule has 3 rings (SSSR count). The number of likely N-dealkylation sites (N-methyl/N-ethyl adjacent to an activating group) is 1. The third-order valence-electron chi connectivity index (χ3n) is 8.82. The first-order valence-corrected chi connectivity index (χ1v) is 21.3. The quantitative estimate of drug-likeness (QED) is 0.0954. The van der Waals surface area contributed by atoms with Crippen LogP contribution in [0.5, 0.6) is 11.5 Å². The van der Waals surface area contributed by atoms with Crippen LogP contribution < -0.4 is 10.0 Å². The van der Waals surface area contributed by atoms with Crippen LogP contribution in [0.4, 0.5) is 5.69 Å². The molecule has 1 amide bonds. The lowest BCUT2D eigenvalue weighted by Gasteiger charge is -2.40. The fraction of sp³-hybridized carbons (Fsp3) is 0.472. The molecule has 0 aromatic heterocycles. The molecule has 0 bridgehead atoms. The number of hydrogen-bond donors (Lipinski definition) is 4. The smallest absolute Gasteiger partial charge is 0.229 e. The molecule has 0 saturated heterocycles. The molecule has 12 heteroatoms. The number of carbonyl (C=O) groups excluding carboxylic acids is 1. The highest BCUT2D eigenvalue weighted by molar-refractivity contribution is 7.92. The number of rotatable bonds is 15.